The lowest BCUT2D eigenvalue weighted by atomic mass is 10.1. The van der Waals surface area contributed by atoms with Gasteiger partial charge in [0.05, 0.1) is 16.6 Å². The molecule has 10 rings (SSSR count). The van der Waals surface area contributed by atoms with Gasteiger partial charge in [0.25, 0.3) is 0 Å². The van der Waals surface area contributed by atoms with E-state index in [0.29, 0.717) is 17.8 Å². The Balaban J connectivity index is 1.26. The molecule has 240 valence electrons. The van der Waals surface area contributed by atoms with Gasteiger partial charge in [-0.15, -0.1) is 0 Å². The average molecular weight is 655 g/mol. The number of para-hydroxylation sites is 3. The lowest BCUT2D eigenvalue weighted by Crippen LogP contribution is -2.12. The van der Waals surface area contributed by atoms with Gasteiger partial charge in [-0.2, -0.15) is 15.0 Å². The minimum atomic E-state index is 0.534. The smallest absolute Gasteiger partial charge is 0.240 e. The lowest BCUT2D eigenvalue weighted by molar-refractivity contribution is 0.826. The summed E-state index contributed by atoms with van der Waals surface area (Å²) in [7, 11) is 0. The van der Waals surface area contributed by atoms with Crippen molar-refractivity contribution in [1.82, 2.24) is 28.7 Å². The molecule has 0 aliphatic heterocycles. The maximum absolute atomic E-state index is 5.25. The average Bonchev–Trinajstić information content (AvgIpc) is 3.91. The van der Waals surface area contributed by atoms with Gasteiger partial charge in [-0.3, -0.25) is 13.7 Å². The van der Waals surface area contributed by atoms with Crippen LogP contribution in [0.25, 0.3) is 83.9 Å². The number of hydrogen-bond acceptors (Lipinski definition) is 3. The molecule has 0 fully saturated rings. The van der Waals surface area contributed by atoms with Crippen LogP contribution in [0, 0.1) is 0 Å². The highest BCUT2D eigenvalue weighted by Gasteiger charge is 2.21. The summed E-state index contributed by atoms with van der Waals surface area (Å²) in [6, 6.07) is 56.7. The minimum Gasteiger partial charge on any atom is -0.285 e. The molecule has 0 atom stereocenters. The second kappa shape index (κ2) is 11.8. The monoisotopic (exact) mass is 654 g/mol. The normalized spacial score (nSPS) is 11.5. The van der Waals surface area contributed by atoms with Crippen molar-refractivity contribution in [3.63, 3.8) is 0 Å². The SMILES string of the molecule is c1ccc(-c2cn(-c3nc(-n4cc(-c5ccccc5)c5ccccc54)nc(-n4cc(-c5ccccc5)c5ccccc54)n3)c3ccccc23)cc1. The maximum atomic E-state index is 5.25. The third-order valence-corrected chi connectivity index (χ3v) is 9.64. The first kappa shape index (κ1) is 28.9. The zero-order chi connectivity index (χ0) is 33.7. The second-order valence-electron chi connectivity index (χ2n) is 12.6. The molecule has 0 radical (unpaired) electrons. The molecule has 0 unspecified atom stereocenters. The van der Waals surface area contributed by atoms with E-state index in [1.807, 2.05) is 18.2 Å². The summed E-state index contributed by atoms with van der Waals surface area (Å²) in [5.74, 6) is 1.60. The highest BCUT2D eigenvalue weighted by molar-refractivity contribution is 5.99. The fourth-order valence-corrected chi connectivity index (χ4v) is 7.25. The Labute approximate surface area is 294 Å². The van der Waals surface area contributed by atoms with Crippen molar-refractivity contribution in [1.29, 1.82) is 0 Å². The molecule has 0 spiro atoms. The van der Waals surface area contributed by atoms with Gasteiger partial charge >= 0.3 is 0 Å². The van der Waals surface area contributed by atoms with E-state index in [2.05, 4.69) is 178 Å². The Morgan fingerprint density at radius 3 is 0.824 bits per heavy atom. The van der Waals surface area contributed by atoms with Crippen molar-refractivity contribution < 1.29 is 0 Å². The molecule has 6 nitrogen and oxygen atoms in total. The topological polar surface area (TPSA) is 53.5 Å². The van der Waals surface area contributed by atoms with Gasteiger partial charge in [-0.1, -0.05) is 146 Å². The standard InChI is InChI=1S/C45H30N6/c1-4-16-31(17-5-1)37-28-49(40-25-13-10-22-34(37)40)43-46-44(50-29-38(32-18-6-2-7-19-32)35-23-11-14-26-41(35)50)48-45(47-43)51-30-39(33-20-8-3-9-21-33)36-24-12-15-27-42(36)51/h1-30H. The maximum Gasteiger partial charge on any atom is 0.240 e. The molecule has 0 bridgehead atoms. The number of nitrogens with zero attached hydrogens (tertiary/aromatic N) is 6. The number of benzene rings is 6. The second-order valence-corrected chi connectivity index (χ2v) is 12.6. The van der Waals surface area contributed by atoms with Crippen LogP contribution < -0.4 is 0 Å². The molecule has 0 saturated heterocycles. The predicted octanol–water partition coefficient (Wildman–Crippen LogP) is 10.7. The van der Waals surface area contributed by atoms with E-state index in [4.69, 9.17) is 15.0 Å². The number of fused-ring (bicyclic) bond motifs is 3. The zero-order valence-electron chi connectivity index (χ0n) is 27.5. The van der Waals surface area contributed by atoms with Crippen LogP contribution in [-0.4, -0.2) is 28.7 Å². The zero-order valence-corrected chi connectivity index (χ0v) is 27.5. The first-order chi connectivity index (χ1) is 25.3. The molecule has 4 aromatic heterocycles. The van der Waals surface area contributed by atoms with Crippen molar-refractivity contribution in [3.05, 3.63) is 182 Å². The molecule has 0 N–H and O–H groups in total. The van der Waals surface area contributed by atoms with Gasteiger partial charge in [0.1, 0.15) is 0 Å². The molecular formula is C45H30N6. The number of hydrogen-bond donors (Lipinski definition) is 0. The summed E-state index contributed by atoms with van der Waals surface area (Å²) in [5.41, 5.74) is 9.80. The van der Waals surface area contributed by atoms with Crippen LogP contribution in [0.5, 0.6) is 0 Å². The van der Waals surface area contributed by atoms with Crippen LogP contribution in [0.1, 0.15) is 0 Å². The van der Waals surface area contributed by atoms with Crippen LogP contribution in [0.2, 0.25) is 0 Å². The molecular weight excluding hydrogens is 625 g/mol. The van der Waals surface area contributed by atoms with E-state index in [-0.39, 0.29) is 0 Å². The van der Waals surface area contributed by atoms with E-state index in [1.165, 1.54) is 0 Å². The summed E-state index contributed by atoms with van der Waals surface area (Å²) >= 11 is 0. The molecule has 6 heteroatoms. The first-order valence-electron chi connectivity index (χ1n) is 17.0. The summed E-state index contributed by atoms with van der Waals surface area (Å²) in [5, 5.41) is 3.38. The van der Waals surface area contributed by atoms with Gasteiger partial charge < -0.3 is 0 Å². The molecule has 4 heterocycles. The van der Waals surface area contributed by atoms with Gasteiger partial charge in [-0.05, 0) is 34.9 Å². The van der Waals surface area contributed by atoms with Crippen molar-refractivity contribution in [3.8, 4) is 51.2 Å². The molecule has 0 amide bonds. The molecule has 0 aliphatic rings. The van der Waals surface area contributed by atoms with Crippen LogP contribution in [0.15, 0.2) is 182 Å². The molecule has 10 aromatic rings. The minimum absolute atomic E-state index is 0.534. The highest BCUT2D eigenvalue weighted by Crippen LogP contribution is 2.36. The summed E-state index contributed by atoms with van der Waals surface area (Å²) in [6.07, 6.45) is 6.44. The van der Waals surface area contributed by atoms with E-state index in [0.717, 1.165) is 66.1 Å². The van der Waals surface area contributed by atoms with E-state index < -0.39 is 0 Å². The van der Waals surface area contributed by atoms with Gasteiger partial charge in [-0.25, -0.2) is 0 Å². The Bertz CT molecular complexity index is 2520. The molecule has 0 saturated carbocycles. The van der Waals surface area contributed by atoms with Crippen molar-refractivity contribution >= 4 is 32.7 Å². The Hall–Kier alpha value is -7.05. The van der Waals surface area contributed by atoms with Crippen molar-refractivity contribution in [2.24, 2.45) is 0 Å². The number of aromatic nitrogens is 6. The van der Waals surface area contributed by atoms with Crippen LogP contribution in [0.3, 0.4) is 0 Å². The van der Waals surface area contributed by atoms with Crippen LogP contribution in [-0.2, 0) is 0 Å². The van der Waals surface area contributed by atoms with E-state index in [1.54, 1.807) is 0 Å². The lowest BCUT2D eigenvalue weighted by Gasteiger charge is -2.11. The molecule has 0 aliphatic carbocycles. The van der Waals surface area contributed by atoms with Crippen LogP contribution in [0.4, 0.5) is 0 Å². The number of rotatable bonds is 6. The first-order valence-corrected chi connectivity index (χ1v) is 17.0. The van der Waals surface area contributed by atoms with Crippen LogP contribution >= 0.6 is 0 Å². The Morgan fingerprint density at radius 2 is 0.529 bits per heavy atom. The van der Waals surface area contributed by atoms with Gasteiger partial charge in [0.2, 0.25) is 17.8 Å². The van der Waals surface area contributed by atoms with Gasteiger partial charge in [0.15, 0.2) is 0 Å². The summed E-state index contributed by atoms with van der Waals surface area (Å²) < 4.78 is 6.29. The fourth-order valence-electron chi connectivity index (χ4n) is 7.25. The quantitative estimate of drug-likeness (QED) is 0.179. The third-order valence-electron chi connectivity index (χ3n) is 9.64. The summed E-state index contributed by atoms with van der Waals surface area (Å²) in [6.45, 7) is 0. The molecule has 6 aromatic carbocycles. The van der Waals surface area contributed by atoms with Crippen molar-refractivity contribution in [2.45, 2.75) is 0 Å². The fraction of sp³-hybridized carbons (Fsp3) is 0. The summed E-state index contributed by atoms with van der Waals surface area (Å²) in [4.78, 5) is 15.7. The van der Waals surface area contributed by atoms with E-state index in [9.17, 15) is 0 Å². The third kappa shape index (κ3) is 4.84. The Morgan fingerprint density at radius 1 is 0.275 bits per heavy atom. The predicted molar refractivity (Wildman–Crippen MR) is 207 cm³/mol. The molecule has 51 heavy (non-hydrogen) atoms. The largest absolute Gasteiger partial charge is 0.285 e. The van der Waals surface area contributed by atoms with E-state index >= 15 is 0 Å². The highest BCUT2D eigenvalue weighted by atomic mass is 15.3. The van der Waals surface area contributed by atoms with Gasteiger partial charge in [0, 0.05) is 51.4 Å². The Kier molecular flexibility index (Phi) is 6.70. The van der Waals surface area contributed by atoms with Crippen molar-refractivity contribution in [2.75, 3.05) is 0 Å².